The highest BCUT2D eigenvalue weighted by molar-refractivity contribution is 5.72. The van der Waals surface area contributed by atoms with Gasteiger partial charge in [0.2, 0.25) is 0 Å². The smallest absolute Gasteiger partial charge is 0.308 e. The van der Waals surface area contributed by atoms with E-state index in [9.17, 15) is 9.90 Å². The largest absolute Gasteiger partial charge is 0.494 e. The molecule has 1 aliphatic rings. The molecule has 0 bridgehead atoms. The fraction of sp³-hybridized carbons (Fsp3) is 0.696. The van der Waals surface area contributed by atoms with Crippen LogP contribution >= 0.6 is 0 Å². The van der Waals surface area contributed by atoms with Gasteiger partial charge in [-0.05, 0) is 56.7 Å². The van der Waals surface area contributed by atoms with Crippen LogP contribution in [0.5, 0.6) is 5.75 Å². The maximum Gasteiger partial charge on any atom is 0.308 e. The van der Waals surface area contributed by atoms with Crippen LogP contribution in [0, 0.1) is 5.92 Å². The summed E-state index contributed by atoms with van der Waals surface area (Å²) in [6, 6.07) is 7.67. The first-order chi connectivity index (χ1) is 13.1. The van der Waals surface area contributed by atoms with Crippen molar-refractivity contribution in [1.82, 2.24) is 0 Å². The fourth-order valence-electron chi connectivity index (χ4n) is 3.82. The molecule has 4 nitrogen and oxygen atoms in total. The molecule has 0 radical (unpaired) electrons. The van der Waals surface area contributed by atoms with Crippen molar-refractivity contribution >= 4 is 5.97 Å². The third-order valence-corrected chi connectivity index (χ3v) is 5.59. The number of hydrogen-bond donors (Lipinski definition) is 1. The van der Waals surface area contributed by atoms with E-state index in [1.807, 2.05) is 31.2 Å². The van der Waals surface area contributed by atoms with Crippen LogP contribution in [-0.2, 0) is 15.1 Å². The average molecular weight is 377 g/mol. The molecular weight excluding hydrogens is 340 g/mol. The third kappa shape index (κ3) is 6.84. The lowest BCUT2D eigenvalue weighted by Gasteiger charge is -2.35. The molecule has 1 fully saturated rings. The number of ether oxygens (including phenoxy) is 2. The summed E-state index contributed by atoms with van der Waals surface area (Å²) in [4.78, 5) is 12.3. The zero-order chi connectivity index (χ0) is 19.5. The Hall–Kier alpha value is -1.55. The van der Waals surface area contributed by atoms with E-state index < -0.39 is 5.60 Å². The highest BCUT2D eigenvalue weighted by Crippen LogP contribution is 2.40. The van der Waals surface area contributed by atoms with Crippen LogP contribution in [-0.4, -0.2) is 24.3 Å². The van der Waals surface area contributed by atoms with E-state index in [1.165, 1.54) is 25.7 Å². The van der Waals surface area contributed by atoms with E-state index >= 15 is 0 Å². The van der Waals surface area contributed by atoms with Gasteiger partial charge in [0, 0.05) is 0 Å². The minimum atomic E-state index is -0.846. The van der Waals surface area contributed by atoms with Crippen molar-refractivity contribution in [2.24, 2.45) is 5.92 Å². The van der Waals surface area contributed by atoms with E-state index in [0.29, 0.717) is 38.9 Å². The summed E-state index contributed by atoms with van der Waals surface area (Å²) in [5.74, 6) is 0.655. The van der Waals surface area contributed by atoms with Crippen LogP contribution in [0.4, 0.5) is 0 Å². The first kappa shape index (κ1) is 21.7. The van der Waals surface area contributed by atoms with Crippen LogP contribution in [0.15, 0.2) is 24.3 Å². The predicted octanol–water partition coefficient (Wildman–Crippen LogP) is 5.37. The average Bonchev–Trinajstić information content (AvgIpc) is 2.68. The Bertz CT molecular complexity index is 544. The lowest BCUT2D eigenvalue weighted by molar-refractivity contribution is -0.152. The van der Waals surface area contributed by atoms with Gasteiger partial charge in [-0.3, -0.25) is 4.79 Å². The van der Waals surface area contributed by atoms with Gasteiger partial charge in [-0.25, -0.2) is 0 Å². The molecule has 0 atom stereocenters. The highest BCUT2D eigenvalue weighted by atomic mass is 16.5. The fourth-order valence-corrected chi connectivity index (χ4v) is 3.82. The van der Waals surface area contributed by atoms with E-state index in [4.69, 9.17) is 9.47 Å². The minimum absolute atomic E-state index is 0.0759. The SMILES string of the molecule is CCCCCCCCOC(=O)C1CCC(O)(c2ccc(OCC)cc2)CC1. The molecule has 1 aromatic carbocycles. The molecule has 0 aliphatic heterocycles. The number of unbranched alkanes of at least 4 members (excludes halogenated alkanes) is 5. The van der Waals surface area contributed by atoms with Crippen LogP contribution in [0.25, 0.3) is 0 Å². The minimum Gasteiger partial charge on any atom is -0.494 e. The summed E-state index contributed by atoms with van der Waals surface area (Å²) >= 11 is 0. The molecule has 1 saturated carbocycles. The van der Waals surface area contributed by atoms with Crippen molar-refractivity contribution in [3.63, 3.8) is 0 Å². The van der Waals surface area contributed by atoms with Crippen LogP contribution in [0.1, 0.15) is 83.6 Å². The van der Waals surface area contributed by atoms with Crippen LogP contribution in [0.3, 0.4) is 0 Å². The molecule has 1 aliphatic carbocycles. The Labute approximate surface area is 164 Å². The zero-order valence-electron chi connectivity index (χ0n) is 17.0. The molecule has 0 heterocycles. The Balaban J connectivity index is 1.71. The van der Waals surface area contributed by atoms with Crippen LogP contribution < -0.4 is 4.74 Å². The van der Waals surface area contributed by atoms with E-state index in [2.05, 4.69) is 6.92 Å². The summed E-state index contributed by atoms with van der Waals surface area (Å²) in [6.07, 6.45) is 9.68. The van der Waals surface area contributed by atoms with Crippen molar-refractivity contribution < 1.29 is 19.4 Å². The molecule has 0 saturated heterocycles. The Morgan fingerprint density at radius 2 is 1.67 bits per heavy atom. The van der Waals surface area contributed by atoms with E-state index in [1.54, 1.807) is 0 Å². The summed E-state index contributed by atoms with van der Waals surface area (Å²) in [5, 5.41) is 11.0. The molecule has 1 N–H and O–H groups in total. The van der Waals surface area contributed by atoms with Crippen LogP contribution in [0.2, 0.25) is 0 Å². The molecule has 4 heteroatoms. The van der Waals surface area contributed by atoms with Gasteiger partial charge < -0.3 is 14.6 Å². The second-order valence-corrected chi connectivity index (χ2v) is 7.70. The molecule has 0 amide bonds. The second-order valence-electron chi connectivity index (χ2n) is 7.70. The topological polar surface area (TPSA) is 55.8 Å². The molecule has 1 aromatic rings. The van der Waals surface area contributed by atoms with Gasteiger partial charge in [0.25, 0.3) is 0 Å². The zero-order valence-corrected chi connectivity index (χ0v) is 17.0. The predicted molar refractivity (Wildman–Crippen MR) is 108 cm³/mol. The summed E-state index contributed by atoms with van der Waals surface area (Å²) in [5.41, 5.74) is 0.0608. The Morgan fingerprint density at radius 3 is 2.30 bits per heavy atom. The number of aliphatic hydroxyl groups is 1. The molecule has 0 unspecified atom stereocenters. The van der Waals surface area contributed by atoms with Gasteiger partial charge in [0.05, 0.1) is 24.7 Å². The van der Waals surface area contributed by atoms with Crippen molar-refractivity contribution in [3.05, 3.63) is 29.8 Å². The first-order valence-electron chi connectivity index (χ1n) is 10.7. The summed E-state index contributed by atoms with van der Waals surface area (Å²) in [7, 11) is 0. The molecular formula is C23H36O4. The summed E-state index contributed by atoms with van der Waals surface area (Å²) in [6.45, 7) is 5.33. The standard InChI is InChI=1S/C23H36O4/c1-3-5-6-7-8-9-18-27-22(24)19-14-16-23(25,17-15-19)20-10-12-21(13-11-20)26-4-2/h10-13,19,25H,3-9,14-18H2,1-2H3. The van der Waals surface area contributed by atoms with E-state index in [0.717, 1.165) is 24.2 Å². The second kappa shape index (κ2) is 11.3. The third-order valence-electron chi connectivity index (χ3n) is 5.59. The highest BCUT2D eigenvalue weighted by Gasteiger charge is 2.37. The number of hydrogen-bond acceptors (Lipinski definition) is 4. The molecule has 0 spiro atoms. The molecule has 27 heavy (non-hydrogen) atoms. The van der Waals surface area contributed by atoms with Gasteiger partial charge in [-0.15, -0.1) is 0 Å². The quantitative estimate of drug-likeness (QED) is 0.417. The Kier molecular flexibility index (Phi) is 9.12. The molecule has 152 valence electrons. The maximum absolute atomic E-state index is 12.3. The molecule has 2 rings (SSSR count). The maximum atomic E-state index is 12.3. The van der Waals surface area contributed by atoms with Gasteiger partial charge in [0.15, 0.2) is 0 Å². The number of carbonyl (C=O) groups excluding carboxylic acids is 1. The van der Waals surface area contributed by atoms with Crippen molar-refractivity contribution in [1.29, 1.82) is 0 Å². The van der Waals surface area contributed by atoms with Gasteiger partial charge in [0.1, 0.15) is 5.75 Å². The monoisotopic (exact) mass is 376 g/mol. The molecule has 0 aromatic heterocycles. The van der Waals surface area contributed by atoms with Crippen molar-refractivity contribution in [2.75, 3.05) is 13.2 Å². The lowest BCUT2D eigenvalue weighted by atomic mass is 9.75. The van der Waals surface area contributed by atoms with E-state index in [-0.39, 0.29) is 11.9 Å². The normalized spacial score (nSPS) is 22.4. The number of esters is 1. The van der Waals surface area contributed by atoms with Crippen molar-refractivity contribution in [3.8, 4) is 5.75 Å². The van der Waals surface area contributed by atoms with Gasteiger partial charge in [-0.1, -0.05) is 51.2 Å². The Morgan fingerprint density at radius 1 is 1.04 bits per heavy atom. The first-order valence-corrected chi connectivity index (χ1v) is 10.7. The number of carbonyl (C=O) groups is 1. The number of benzene rings is 1. The number of rotatable bonds is 11. The van der Waals surface area contributed by atoms with Gasteiger partial charge >= 0.3 is 5.97 Å². The van der Waals surface area contributed by atoms with Gasteiger partial charge in [-0.2, -0.15) is 0 Å². The lowest BCUT2D eigenvalue weighted by Crippen LogP contribution is -2.34. The van der Waals surface area contributed by atoms with Crippen molar-refractivity contribution in [2.45, 2.75) is 83.7 Å². The summed E-state index contributed by atoms with van der Waals surface area (Å²) < 4.78 is 10.9.